The number of carbonyl (C=O) groups is 1. The van der Waals surface area contributed by atoms with Gasteiger partial charge < -0.3 is 14.4 Å². The molecule has 8 heteroatoms. The Morgan fingerprint density at radius 2 is 1.70 bits per heavy atom. The van der Waals surface area contributed by atoms with Gasteiger partial charge in [-0.2, -0.15) is 5.10 Å². The Morgan fingerprint density at radius 1 is 1.07 bits per heavy atom. The highest BCUT2D eigenvalue weighted by Crippen LogP contribution is 2.27. The molecular formula is C22H32N6OS. The van der Waals surface area contributed by atoms with Gasteiger partial charge in [-0.3, -0.25) is 14.8 Å². The van der Waals surface area contributed by atoms with Crippen molar-refractivity contribution < 1.29 is 4.79 Å². The molecule has 30 heavy (non-hydrogen) atoms. The minimum Gasteiger partial charge on any atom is -0.369 e. The highest BCUT2D eigenvalue weighted by Gasteiger charge is 2.27. The number of nitrogens with zero attached hydrogens (tertiary/aromatic N) is 5. The molecule has 0 unspecified atom stereocenters. The van der Waals surface area contributed by atoms with Crippen molar-refractivity contribution in [2.75, 3.05) is 44.2 Å². The van der Waals surface area contributed by atoms with Gasteiger partial charge in [-0.25, -0.2) is 0 Å². The summed E-state index contributed by atoms with van der Waals surface area (Å²) >= 11 is 5.22. The van der Waals surface area contributed by atoms with E-state index in [1.807, 2.05) is 28.6 Å². The highest BCUT2D eigenvalue weighted by atomic mass is 32.1. The Balaban J connectivity index is 1.33. The van der Waals surface area contributed by atoms with Crippen LogP contribution in [0.4, 0.5) is 5.69 Å². The van der Waals surface area contributed by atoms with Crippen LogP contribution in [0, 0.1) is 4.77 Å². The van der Waals surface area contributed by atoms with Crippen LogP contribution in [0.3, 0.4) is 0 Å². The van der Waals surface area contributed by atoms with Crippen LogP contribution in [0.15, 0.2) is 24.3 Å². The zero-order valence-electron chi connectivity index (χ0n) is 18.2. The molecule has 0 spiro atoms. The number of amides is 1. The minimum atomic E-state index is 0.125. The zero-order chi connectivity index (χ0) is 21.3. The van der Waals surface area contributed by atoms with Crippen molar-refractivity contribution in [3.8, 4) is 0 Å². The van der Waals surface area contributed by atoms with Crippen LogP contribution in [-0.2, 0) is 7.05 Å². The third-order valence-electron chi connectivity index (χ3n) is 6.59. The molecule has 3 heterocycles. The molecule has 0 radical (unpaired) electrons. The van der Waals surface area contributed by atoms with E-state index in [0.717, 1.165) is 63.5 Å². The second-order valence-electron chi connectivity index (χ2n) is 8.68. The lowest BCUT2D eigenvalue weighted by atomic mass is 9.95. The average Bonchev–Trinajstić information content (AvgIpc) is 3.12. The van der Waals surface area contributed by atoms with Crippen molar-refractivity contribution >= 4 is 23.8 Å². The molecular weight excluding hydrogens is 396 g/mol. The molecule has 2 aromatic rings. The molecule has 1 N–H and O–H groups in total. The number of likely N-dealkylation sites (tertiary alicyclic amines) is 1. The standard InChI is InChI=1S/C22H32N6OS/c1-16(2)26-12-14-27(15-13-26)19-6-4-18(5-7-19)21(29)28-10-8-17(9-11-28)20-23-24-22(30)25(20)3/h4-7,16-17H,8-15H2,1-3H3,(H,24,30). The summed E-state index contributed by atoms with van der Waals surface area (Å²) in [6.45, 7) is 10.3. The van der Waals surface area contributed by atoms with E-state index in [-0.39, 0.29) is 5.91 Å². The van der Waals surface area contributed by atoms with Crippen LogP contribution in [0.25, 0.3) is 0 Å². The fraction of sp³-hybridized carbons (Fsp3) is 0.591. The van der Waals surface area contributed by atoms with Crippen LogP contribution in [-0.4, -0.2) is 75.8 Å². The fourth-order valence-electron chi connectivity index (χ4n) is 4.56. The van der Waals surface area contributed by atoms with Crippen LogP contribution in [0.2, 0.25) is 0 Å². The van der Waals surface area contributed by atoms with Gasteiger partial charge in [0.25, 0.3) is 5.91 Å². The van der Waals surface area contributed by atoms with E-state index >= 15 is 0 Å². The van der Waals surface area contributed by atoms with E-state index in [0.29, 0.717) is 16.7 Å². The Labute approximate surface area is 183 Å². The van der Waals surface area contributed by atoms with E-state index < -0.39 is 0 Å². The Morgan fingerprint density at radius 3 is 2.23 bits per heavy atom. The largest absolute Gasteiger partial charge is 0.369 e. The van der Waals surface area contributed by atoms with Crippen LogP contribution >= 0.6 is 12.2 Å². The molecule has 162 valence electrons. The third-order valence-corrected chi connectivity index (χ3v) is 6.95. The summed E-state index contributed by atoms with van der Waals surface area (Å²) in [5.41, 5.74) is 1.98. The molecule has 0 saturated carbocycles. The topological polar surface area (TPSA) is 60.4 Å². The predicted molar refractivity (Wildman–Crippen MR) is 122 cm³/mol. The molecule has 2 fully saturated rings. The van der Waals surface area contributed by atoms with Gasteiger partial charge in [-0.05, 0) is 63.2 Å². The predicted octanol–water partition coefficient (Wildman–Crippen LogP) is 3.03. The lowest BCUT2D eigenvalue weighted by molar-refractivity contribution is 0.0710. The van der Waals surface area contributed by atoms with Crippen molar-refractivity contribution in [1.29, 1.82) is 0 Å². The zero-order valence-corrected chi connectivity index (χ0v) is 19.0. The van der Waals surface area contributed by atoms with Crippen molar-refractivity contribution in [3.05, 3.63) is 40.4 Å². The number of rotatable bonds is 4. The number of hydrogen-bond donors (Lipinski definition) is 1. The smallest absolute Gasteiger partial charge is 0.253 e. The van der Waals surface area contributed by atoms with Gasteiger partial charge in [0.05, 0.1) is 0 Å². The van der Waals surface area contributed by atoms with Crippen molar-refractivity contribution in [2.24, 2.45) is 7.05 Å². The number of H-pyrrole nitrogens is 1. The van der Waals surface area contributed by atoms with Gasteiger partial charge >= 0.3 is 0 Å². The summed E-state index contributed by atoms with van der Waals surface area (Å²) < 4.78 is 2.59. The lowest BCUT2D eigenvalue weighted by Gasteiger charge is -2.38. The molecule has 4 rings (SSSR count). The normalized spacial score (nSPS) is 18.9. The molecule has 0 aliphatic carbocycles. The molecule has 7 nitrogen and oxygen atoms in total. The summed E-state index contributed by atoms with van der Waals surface area (Å²) in [5.74, 6) is 1.47. The molecule has 2 aliphatic rings. The second-order valence-corrected chi connectivity index (χ2v) is 9.06. The van der Waals surface area contributed by atoms with Gasteiger partial charge in [-0.1, -0.05) is 0 Å². The number of carbonyl (C=O) groups excluding carboxylic acids is 1. The number of piperazine rings is 1. The number of benzene rings is 1. The summed E-state index contributed by atoms with van der Waals surface area (Å²) in [6.07, 6.45) is 1.83. The number of hydrogen-bond acceptors (Lipinski definition) is 5. The second kappa shape index (κ2) is 8.89. The van der Waals surface area contributed by atoms with Gasteiger partial charge in [0, 0.05) is 69.5 Å². The molecule has 0 bridgehead atoms. The number of aromatic nitrogens is 3. The van der Waals surface area contributed by atoms with Gasteiger partial charge in [0.15, 0.2) is 4.77 Å². The quantitative estimate of drug-likeness (QED) is 0.759. The molecule has 2 saturated heterocycles. The average molecular weight is 429 g/mol. The van der Waals surface area contributed by atoms with Crippen LogP contribution in [0.1, 0.15) is 48.8 Å². The van der Waals surface area contributed by atoms with Crippen molar-refractivity contribution in [2.45, 2.75) is 38.6 Å². The number of aromatic amines is 1. The number of anilines is 1. The van der Waals surface area contributed by atoms with Crippen LogP contribution in [0.5, 0.6) is 0 Å². The molecule has 1 amide bonds. The maximum absolute atomic E-state index is 13.0. The van der Waals surface area contributed by atoms with E-state index in [1.165, 1.54) is 5.69 Å². The first-order valence-corrected chi connectivity index (χ1v) is 11.3. The Bertz CT molecular complexity index is 918. The third kappa shape index (κ3) is 4.30. The first-order chi connectivity index (χ1) is 14.4. The summed E-state index contributed by atoms with van der Waals surface area (Å²) in [7, 11) is 1.95. The lowest BCUT2D eigenvalue weighted by Crippen LogP contribution is -2.48. The SMILES string of the molecule is CC(C)N1CCN(c2ccc(C(=O)N3CCC(c4n[nH]c(=S)n4C)CC3)cc2)CC1. The van der Waals surface area contributed by atoms with Crippen molar-refractivity contribution in [1.82, 2.24) is 24.6 Å². The molecule has 0 atom stereocenters. The molecule has 1 aromatic carbocycles. The first kappa shape index (κ1) is 21.1. The summed E-state index contributed by atoms with van der Waals surface area (Å²) in [5, 5.41) is 7.23. The number of nitrogens with one attached hydrogen (secondary N) is 1. The summed E-state index contributed by atoms with van der Waals surface area (Å²) in [6, 6.07) is 8.76. The van der Waals surface area contributed by atoms with Crippen LogP contribution < -0.4 is 4.90 Å². The first-order valence-electron chi connectivity index (χ1n) is 10.9. The van der Waals surface area contributed by atoms with E-state index in [1.54, 1.807) is 0 Å². The van der Waals surface area contributed by atoms with E-state index in [2.05, 4.69) is 46.0 Å². The van der Waals surface area contributed by atoms with E-state index in [9.17, 15) is 4.79 Å². The fourth-order valence-corrected chi connectivity index (χ4v) is 4.70. The minimum absolute atomic E-state index is 0.125. The van der Waals surface area contributed by atoms with Gasteiger partial charge in [0.1, 0.15) is 5.82 Å². The molecule has 2 aliphatic heterocycles. The Kier molecular flexibility index (Phi) is 6.24. The van der Waals surface area contributed by atoms with Gasteiger partial charge in [0.2, 0.25) is 0 Å². The Hall–Kier alpha value is -2.19. The maximum atomic E-state index is 13.0. The van der Waals surface area contributed by atoms with Gasteiger partial charge in [-0.15, -0.1) is 0 Å². The monoisotopic (exact) mass is 428 g/mol. The van der Waals surface area contributed by atoms with E-state index in [4.69, 9.17) is 12.2 Å². The van der Waals surface area contributed by atoms with Crippen molar-refractivity contribution in [3.63, 3.8) is 0 Å². The summed E-state index contributed by atoms with van der Waals surface area (Å²) in [4.78, 5) is 19.9. The maximum Gasteiger partial charge on any atom is 0.253 e. The highest BCUT2D eigenvalue weighted by molar-refractivity contribution is 7.71. The molecule has 1 aromatic heterocycles. The number of piperidine rings is 1.